The molecule has 1 amide bonds. The molecular weight excluding hydrogens is 394 g/mol. The van der Waals surface area contributed by atoms with Gasteiger partial charge in [0.2, 0.25) is 0 Å². The van der Waals surface area contributed by atoms with Crippen molar-refractivity contribution in [2.45, 2.75) is 29.8 Å². The van der Waals surface area contributed by atoms with Crippen LogP contribution in [-0.2, 0) is 18.3 Å². The number of rotatable bonds is 6. The van der Waals surface area contributed by atoms with Gasteiger partial charge in [-0.25, -0.2) is 9.97 Å². The summed E-state index contributed by atoms with van der Waals surface area (Å²) in [5.41, 5.74) is 3.86. The fraction of sp³-hybridized carbons (Fsp3) is 0.292. The van der Waals surface area contributed by atoms with Gasteiger partial charge in [-0.15, -0.1) is 0 Å². The molecule has 0 saturated heterocycles. The van der Waals surface area contributed by atoms with Crippen LogP contribution in [0.15, 0.2) is 66.0 Å². The first-order valence-corrected chi connectivity index (χ1v) is 11.2. The Labute approximate surface area is 181 Å². The molecule has 0 saturated carbocycles. The fourth-order valence-electron chi connectivity index (χ4n) is 4.16. The first-order chi connectivity index (χ1) is 14.6. The SMILES string of the molecule is COc1ccccc1C(=O)NCC1(c2ccccc2)CCc2nc(SC)ncc2C1. The standard InChI is InChI=1S/C24H25N3O2S/c1-29-21-11-7-6-10-19(21)22(28)26-16-24(18-8-4-3-5-9-18)13-12-20-17(14-24)15-25-23(27-20)30-2/h3-11,15H,12-14,16H2,1-2H3,(H,26,28). The molecule has 4 rings (SSSR count). The molecule has 0 aliphatic heterocycles. The van der Waals surface area contributed by atoms with Gasteiger partial charge >= 0.3 is 0 Å². The monoisotopic (exact) mass is 419 g/mol. The molecule has 1 atom stereocenters. The first kappa shape index (κ1) is 20.4. The van der Waals surface area contributed by atoms with Crippen molar-refractivity contribution >= 4 is 17.7 Å². The second-order valence-corrected chi connectivity index (χ2v) is 8.31. The number of benzene rings is 2. The highest BCUT2D eigenvalue weighted by Gasteiger charge is 2.37. The molecule has 1 aromatic heterocycles. The Hall–Kier alpha value is -2.86. The van der Waals surface area contributed by atoms with E-state index in [1.807, 2.05) is 30.7 Å². The van der Waals surface area contributed by atoms with Crippen LogP contribution >= 0.6 is 11.8 Å². The smallest absolute Gasteiger partial charge is 0.255 e. The number of hydrogen-bond acceptors (Lipinski definition) is 5. The zero-order chi connectivity index (χ0) is 21.0. The van der Waals surface area contributed by atoms with Gasteiger partial charge in [0.1, 0.15) is 5.75 Å². The van der Waals surface area contributed by atoms with E-state index in [0.29, 0.717) is 17.9 Å². The summed E-state index contributed by atoms with van der Waals surface area (Å²) in [6, 6.07) is 17.7. The van der Waals surface area contributed by atoms with Crippen LogP contribution in [0.5, 0.6) is 5.75 Å². The van der Waals surface area contributed by atoms with E-state index in [1.165, 1.54) is 5.56 Å². The lowest BCUT2D eigenvalue weighted by molar-refractivity contribution is 0.0937. The number of aryl methyl sites for hydroxylation is 1. The van der Waals surface area contributed by atoms with E-state index in [-0.39, 0.29) is 11.3 Å². The van der Waals surface area contributed by atoms with Gasteiger partial charge in [-0.2, -0.15) is 0 Å². The summed E-state index contributed by atoms with van der Waals surface area (Å²) in [4.78, 5) is 22.1. The molecule has 3 aromatic rings. The molecule has 1 unspecified atom stereocenters. The average molecular weight is 420 g/mol. The van der Waals surface area contributed by atoms with Crippen molar-refractivity contribution in [1.29, 1.82) is 0 Å². The van der Waals surface area contributed by atoms with Crippen molar-refractivity contribution in [3.8, 4) is 5.75 Å². The molecule has 30 heavy (non-hydrogen) atoms. The lowest BCUT2D eigenvalue weighted by Gasteiger charge is -2.38. The van der Waals surface area contributed by atoms with Crippen LogP contribution in [-0.4, -0.2) is 35.8 Å². The quantitative estimate of drug-likeness (QED) is 0.482. The summed E-state index contributed by atoms with van der Waals surface area (Å²) in [6.07, 6.45) is 6.53. The number of carbonyl (C=O) groups is 1. The summed E-state index contributed by atoms with van der Waals surface area (Å²) >= 11 is 1.56. The molecule has 154 valence electrons. The molecule has 5 nitrogen and oxygen atoms in total. The van der Waals surface area contributed by atoms with E-state index in [4.69, 9.17) is 9.72 Å². The highest BCUT2D eigenvalue weighted by Crippen LogP contribution is 2.38. The lowest BCUT2D eigenvalue weighted by atomic mass is 9.68. The third-order valence-corrected chi connectivity index (χ3v) is 6.37. The zero-order valence-electron chi connectivity index (χ0n) is 17.2. The summed E-state index contributed by atoms with van der Waals surface area (Å²) in [7, 11) is 1.58. The van der Waals surface area contributed by atoms with Crippen LogP contribution in [0, 0.1) is 0 Å². The second kappa shape index (κ2) is 8.88. The number of nitrogens with zero attached hydrogens (tertiary/aromatic N) is 2. The summed E-state index contributed by atoms with van der Waals surface area (Å²) in [5.74, 6) is 0.457. The molecule has 0 bridgehead atoms. The zero-order valence-corrected chi connectivity index (χ0v) is 18.0. The van der Waals surface area contributed by atoms with Crippen molar-refractivity contribution < 1.29 is 9.53 Å². The van der Waals surface area contributed by atoms with Gasteiger partial charge < -0.3 is 10.1 Å². The lowest BCUT2D eigenvalue weighted by Crippen LogP contribution is -2.45. The number of hydrogen-bond donors (Lipinski definition) is 1. The molecule has 0 spiro atoms. The van der Waals surface area contributed by atoms with Gasteiger partial charge in [0.05, 0.1) is 12.7 Å². The van der Waals surface area contributed by atoms with Crippen LogP contribution in [0.1, 0.15) is 33.6 Å². The fourth-order valence-corrected chi connectivity index (χ4v) is 4.52. The number of thioether (sulfide) groups is 1. The summed E-state index contributed by atoms with van der Waals surface area (Å²) in [5, 5.41) is 3.98. The number of ether oxygens (including phenoxy) is 1. The predicted molar refractivity (Wildman–Crippen MR) is 119 cm³/mol. The second-order valence-electron chi connectivity index (χ2n) is 7.53. The molecule has 0 fully saturated rings. The number of aromatic nitrogens is 2. The maximum atomic E-state index is 13.0. The number of methoxy groups -OCH3 is 1. The normalized spacial score (nSPS) is 17.8. The van der Waals surface area contributed by atoms with Crippen LogP contribution < -0.4 is 10.1 Å². The Morgan fingerprint density at radius 1 is 1.17 bits per heavy atom. The number of carbonyl (C=O) groups excluding carboxylic acids is 1. The minimum Gasteiger partial charge on any atom is -0.496 e. The van der Waals surface area contributed by atoms with E-state index in [9.17, 15) is 4.79 Å². The van der Waals surface area contributed by atoms with Gasteiger partial charge in [0.15, 0.2) is 5.16 Å². The molecule has 1 aliphatic carbocycles. The van der Waals surface area contributed by atoms with Gasteiger partial charge in [-0.05, 0) is 48.8 Å². The molecule has 2 aromatic carbocycles. The maximum absolute atomic E-state index is 13.0. The third kappa shape index (κ3) is 4.05. The van der Waals surface area contributed by atoms with Crippen LogP contribution in [0.25, 0.3) is 0 Å². The van der Waals surface area contributed by atoms with E-state index in [0.717, 1.165) is 35.7 Å². The minimum absolute atomic E-state index is 0.123. The Bertz CT molecular complexity index is 1040. The molecule has 1 N–H and O–H groups in total. The summed E-state index contributed by atoms with van der Waals surface area (Å²) in [6.45, 7) is 0.539. The van der Waals surface area contributed by atoms with Crippen molar-refractivity contribution in [1.82, 2.24) is 15.3 Å². The number of para-hydroxylation sites is 1. The van der Waals surface area contributed by atoms with Crippen molar-refractivity contribution in [3.63, 3.8) is 0 Å². The Kier molecular flexibility index (Phi) is 6.04. The van der Waals surface area contributed by atoms with E-state index in [2.05, 4.69) is 34.6 Å². The number of amides is 1. The Morgan fingerprint density at radius 3 is 2.70 bits per heavy atom. The van der Waals surface area contributed by atoms with Crippen LogP contribution in [0.4, 0.5) is 0 Å². The van der Waals surface area contributed by atoms with E-state index in [1.54, 1.807) is 31.0 Å². The topological polar surface area (TPSA) is 64.1 Å². The summed E-state index contributed by atoms with van der Waals surface area (Å²) < 4.78 is 5.36. The third-order valence-electron chi connectivity index (χ3n) is 5.81. The largest absolute Gasteiger partial charge is 0.496 e. The molecule has 6 heteroatoms. The average Bonchev–Trinajstić information content (AvgIpc) is 2.82. The number of nitrogens with one attached hydrogen (secondary N) is 1. The Balaban J connectivity index is 1.62. The van der Waals surface area contributed by atoms with Gasteiger partial charge in [-0.3, -0.25) is 4.79 Å². The van der Waals surface area contributed by atoms with Gasteiger partial charge in [0.25, 0.3) is 5.91 Å². The van der Waals surface area contributed by atoms with E-state index < -0.39 is 0 Å². The minimum atomic E-state index is -0.198. The van der Waals surface area contributed by atoms with Gasteiger partial charge in [-0.1, -0.05) is 54.2 Å². The highest BCUT2D eigenvalue weighted by molar-refractivity contribution is 7.98. The Morgan fingerprint density at radius 2 is 1.93 bits per heavy atom. The van der Waals surface area contributed by atoms with Crippen molar-refractivity contribution in [2.24, 2.45) is 0 Å². The highest BCUT2D eigenvalue weighted by atomic mass is 32.2. The van der Waals surface area contributed by atoms with Gasteiger partial charge in [0, 0.05) is 23.9 Å². The number of fused-ring (bicyclic) bond motifs is 1. The molecule has 1 aliphatic rings. The van der Waals surface area contributed by atoms with Crippen molar-refractivity contribution in [2.75, 3.05) is 19.9 Å². The van der Waals surface area contributed by atoms with Crippen LogP contribution in [0.3, 0.4) is 0 Å². The predicted octanol–water partition coefficient (Wildman–Crippen LogP) is 4.06. The molecule has 0 radical (unpaired) electrons. The van der Waals surface area contributed by atoms with Crippen LogP contribution in [0.2, 0.25) is 0 Å². The molecule has 1 heterocycles. The van der Waals surface area contributed by atoms with E-state index >= 15 is 0 Å². The first-order valence-electron chi connectivity index (χ1n) is 10.0. The van der Waals surface area contributed by atoms with Crippen molar-refractivity contribution in [3.05, 3.63) is 83.2 Å². The maximum Gasteiger partial charge on any atom is 0.255 e. The molecular formula is C24H25N3O2S.